The standard InChI is InChI=1S/C18H11BrN2O2/c19-11-4-5-15-13(9-11)14(18(23)21-15)8-10-3-6-16(22)17-12(10)2-1-7-20-17/h1-9,22H,(H,21,23). The highest BCUT2D eigenvalue weighted by atomic mass is 79.9. The van der Waals surface area contributed by atoms with Gasteiger partial charge in [-0.15, -0.1) is 0 Å². The molecule has 0 saturated heterocycles. The third kappa shape index (κ3) is 2.29. The quantitative estimate of drug-likeness (QED) is 0.634. The second-order valence-corrected chi connectivity index (χ2v) is 6.19. The molecular weight excluding hydrogens is 356 g/mol. The first-order chi connectivity index (χ1) is 11.1. The Morgan fingerprint density at radius 3 is 2.91 bits per heavy atom. The number of carbonyl (C=O) groups is 1. The lowest BCUT2D eigenvalue weighted by molar-refractivity contribution is -0.110. The summed E-state index contributed by atoms with van der Waals surface area (Å²) in [6.07, 6.45) is 3.46. The van der Waals surface area contributed by atoms with E-state index in [1.807, 2.05) is 36.4 Å². The fourth-order valence-corrected chi connectivity index (χ4v) is 3.13. The number of nitrogens with zero attached hydrogens (tertiary/aromatic N) is 1. The molecule has 0 spiro atoms. The number of pyridine rings is 1. The zero-order valence-corrected chi connectivity index (χ0v) is 13.5. The Balaban J connectivity index is 1.94. The van der Waals surface area contributed by atoms with Gasteiger partial charge in [0.2, 0.25) is 0 Å². The minimum atomic E-state index is -0.136. The maximum Gasteiger partial charge on any atom is 0.256 e. The molecule has 5 heteroatoms. The minimum Gasteiger partial charge on any atom is -0.506 e. The summed E-state index contributed by atoms with van der Waals surface area (Å²) in [7, 11) is 0. The third-order valence-corrected chi connectivity index (χ3v) is 4.34. The fourth-order valence-electron chi connectivity index (χ4n) is 2.76. The summed E-state index contributed by atoms with van der Waals surface area (Å²) in [6, 6.07) is 12.7. The minimum absolute atomic E-state index is 0.127. The summed E-state index contributed by atoms with van der Waals surface area (Å²) < 4.78 is 0.913. The van der Waals surface area contributed by atoms with Crippen molar-refractivity contribution in [3.63, 3.8) is 0 Å². The summed E-state index contributed by atoms with van der Waals surface area (Å²) in [5.74, 6) is -0.00927. The smallest absolute Gasteiger partial charge is 0.256 e. The lowest BCUT2D eigenvalue weighted by Crippen LogP contribution is -2.03. The van der Waals surface area contributed by atoms with Crippen LogP contribution in [0.25, 0.3) is 22.6 Å². The van der Waals surface area contributed by atoms with E-state index < -0.39 is 0 Å². The van der Waals surface area contributed by atoms with Crippen molar-refractivity contribution < 1.29 is 9.90 Å². The first-order valence-corrected chi connectivity index (χ1v) is 7.82. The molecule has 2 aromatic carbocycles. The number of amides is 1. The number of halogens is 1. The molecule has 4 rings (SSSR count). The summed E-state index contributed by atoms with van der Waals surface area (Å²) in [5, 5.41) is 13.6. The molecule has 0 radical (unpaired) electrons. The van der Waals surface area contributed by atoms with Gasteiger partial charge in [0.1, 0.15) is 11.3 Å². The third-order valence-electron chi connectivity index (χ3n) is 3.85. The van der Waals surface area contributed by atoms with Gasteiger partial charge in [-0.3, -0.25) is 9.78 Å². The highest BCUT2D eigenvalue weighted by Crippen LogP contribution is 2.36. The number of anilines is 1. The first-order valence-electron chi connectivity index (χ1n) is 7.03. The zero-order valence-electron chi connectivity index (χ0n) is 11.9. The van der Waals surface area contributed by atoms with E-state index in [0.717, 1.165) is 26.7 Å². The van der Waals surface area contributed by atoms with Gasteiger partial charge in [-0.2, -0.15) is 0 Å². The van der Waals surface area contributed by atoms with Crippen LogP contribution in [0.1, 0.15) is 11.1 Å². The molecule has 112 valence electrons. The Hall–Kier alpha value is -2.66. The van der Waals surface area contributed by atoms with Crippen LogP contribution in [0.4, 0.5) is 5.69 Å². The van der Waals surface area contributed by atoms with Crippen LogP contribution in [-0.2, 0) is 4.79 Å². The number of hydrogen-bond acceptors (Lipinski definition) is 3. The molecule has 0 saturated carbocycles. The SMILES string of the molecule is O=C1Nc2ccc(Br)cc2C1=Cc1ccc(O)c2ncccc12. The summed E-state index contributed by atoms with van der Waals surface area (Å²) in [4.78, 5) is 16.5. The van der Waals surface area contributed by atoms with Crippen molar-refractivity contribution in [1.82, 2.24) is 4.98 Å². The van der Waals surface area contributed by atoms with Crippen molar-refractivity contribution in [3.8, 4) is 5.75 Å². The monoisotopic (exact) mass is 366 g/mol. The molecule has 0 aliphatic carbocycles. The summed E-state index contributed by atoms with van der Waals surface area (Å²) in [6.45, 7) is 0. The van der Waals surface area contributed by atoms with Gasteiger partial charge >= 0.3 is 0 Å². The van der Waals surface area contributed by atoms with E-state index in [2.05, 4.69) is 26.2 Å². The van der Waals surface area contributed by atoms with Gasteiger partial charge in [0, 0.05) is 32.9 Å². The average Bonchev–Trinajstić information content (AvgIpc) is 2.86. The molecule has 0 atom stereocenters. The van der Waals surface area contributed by atoms with Crippen LogP contribution in [0.15, 0.2) is 53.1 Å². The normalized spacial score (nSPS) is 15.0. The molecule has 23 heavy (non-hydrogen) atoms. The van der Waals surface area contributed by atoms with Crippen molar-refractivity contribution in [2.45, 2.75) is 0 Å². The van der Waals surface area contributed by atoms with E-state index >= 15 is 0 Å². The number of phenols is 1. The topological polar surface area (TPSA) is 62.2 Å². The number of phenolic OH excluding ortho intramolecular Hbond substituents is 1. The van der Waals surface area contributed by atoms with Crippen LogP contribution >= 0.6 is 15.9 Å². The second-order valence-electron chi connectivity index (χ2n) is 5.28. The van der Waals surface area contributed by atoms with Gasteiger partial charge in [-0.25, -0.2) is 0 Å². The second kappa shape index (κ2) is 5.21. The highest BCUT2D eigenvalue weighted by Gasteiger charge is 2.24. The number of carbonyl (C=O) groups excluding carboxylic acids is 1. The fraction of sp³-hybridized carbons (Fsp3) is 0. The van der Waals surface area contributed by atoms with Gasteiger partial charge in [0.25, 0.3) is 5.91 Å². The Labute approximate surface area is 140 Å². The van der Waals surface area contributed by atoms with E-state index in [4.69, 9.17) is 0 Å². The van der Waals surface area contributed by atoms with Crippen molar-refractivity contribution in [2.24, 2.45) is 0 Å². The van der Waals surface area contributed by atoms with Crippen LogP contribution in [0.5, 0.6) is 5.75 Å². The Bertz CT molecular complexity index is 995. The van der Waals surface area contributed by atoms with Crippen molar-refractivity contribution in [3.05, 3.63) is 64.3 Å². The van der Waals surface area contributed by atoms with Crippen molar-refractivity contribution >= 4 is 50.1 Å². The predicted molar refractivity (Wildman–Crippen MR) is 94.1 cm³/mol. The van der Waals surface area contributed by atoms with E-state index in [1.165, 1.54) is 0 Å². The predicted octanol–water partition coefficient (Wildman–Crippen LogP) is 4.20. The maximum absolute atomic E-state index is 12.3. The van der Waals surface area contributed by atoms with Crippen molar-refractivity contribution in [1.29, 1.82) is 0 Å². The number of aromatic nitrogens is 1. The largest absolute Gasteiger partial charge is 0.506 e. The van der Waals surface area contributed by atoms with Crippen LogP contribution in [0, 0.1) is 0 Å². The number of hydrogen-bond donors (Lipinski definition) is 2. The summed E-state index contributed by atoms with van der Waals surface area (Å²) in [5.41, 5.74) is 3.61. The van der Waals surface area contributed by atoms with Gasteiger partial charge in [-0.1, -0.05) is 28.1 Å². The Morgan fingerprint density at radius 2 is 2.04 bits per heavy atom. The molecule has 1 aliphatic heterocycles. The van der Waals surface area contributed by atoms with Gasteiger partial charge in [0.15, 0.2) is 0 Å². The number of fused-ring (bicyclic) bond motifs is 2. The molecule has 1 aromatic heterocycles. The molecular formula is C18H11BrN2O2. The number of rotatable bonds is 1. The number of aromatic hydroxyl groups is 1. The summed E-state index contributed by atoms with van der Waals surface area (Å²) >= 11 is 3.44. The van der Waals surface area contributed by atoms with Crippen molar-refractivity contribution in [2.75, 3.05) is 5.32 Å². The van der Waals surface area contributed by atoms with E-state index in [0.29, 0.717) is 11.1 Å². The molecule has 1 amide bonds. The average molecular weight is 367 g/mol. The van der Waals surface area contributed by atoms with Crippen LogP contribution < -0.4 is 5.32 Å². The molecule has 0 unspecified atom stereocenters. The molecule has 3 aromatic rings. The van der Waals surface area contributed by atoms with Gasteiger partial charge in [0.05, 0.1) is 0 Å². The van der Waals surface area contributed by atoms with E-state index in [9.17, 15) is 9.90 Å². The van der Waals surface area contributed by atoms with Crippen LogP contribution in [-0.4, -0.2) is 16.0 Å². The van der Waals surface area contributed by atoms with Gasteiger partial charge < -0.3 is 10.4 Å². The molecule has 2 heterocycles. The van der Waals surface area contributed by atoms with Crippen LogP contribution in [0.3, 0.4) is 0 Å². The Kier molecular flexibility index (Phi) is 3.16. The molecule has 0 fully saturated rings. The lowest BCUT2D eigenvalue weighted by Gasteiger charge is -2.05. The first kappa shape index (κ1) is 14.0. The highest BCUT2D eigenvalue weighted by molar-refractivity contribution is 9.10. The van der Waals surface area contributed by atoms with E-state index in [-0.39, 0.29) is 11.7 Å². The number of nitrogens with one attached hydrogen (secondary N) is 1. The molecule has 1 aliphatic rings. The van der Waals surface area contributed by atoms with E-state index in [1.54, 1.807) is 18.3 Å². The molecule has 4 nitrogen and oxygen atoms in total. The number of benzene rings is 2. The molecule has 0 bridgehead atoms. The van der Waals surface area contributed by atoms with Crippen LogP contribution in [0.2, 0.25) is 0 Å². The molecule has 2 N–H and O–H groups in total. The lowest BCUT2D eigenvalue weighted by atomic mass is 10.0. The maximum atomic E-state index is 12.3. The van der Waals surface area contributed by atoms with Gasteiger partial charge in [-0.05, 0) is 42.0 Å². The Morgan fingerprint density at radius 1 is 1.17 bits per heavy atom. The zero-order chi connectivity index (χ0) is 16.0.